The Kier molecular flexibility index (Phi) is 3.34. The largest absolute Gasteiger partial charge is 0.332 e. The van der Waals surface area contributed by atoms with Crippen LogP contribution in [0.3, 0.4) is 0 Å². The molecule has 80 valence electrons. The van der Waals surface area contributed by atoms with Gasteiger partial charge in [-0.15, -0.1) is 0 Å². The Morgan fingerprint density at radius 1 is 1.43 bits per heavy atom. The summed E-state index contributed by atoms with van der Waals surface area (Å²) in [6, 6.07) is 0.870. The van der Waals surface area contributed by atoms with E-state index in [1.54, 1.807) is 11.8 Å². The average Bonchev–Trinajstić information content (AvgIpc) is 2.71. The summed E-state index contributed by atoms with van der Waals surface area (Å²) in [7, 11) is 0. The number of rotatable bonds is 1. The molecule has 4 heteroatoms. The van der Waals surface area contributed by atoms with Crippen LogP contribution in [-0.2, 0) is 4.79 Å². The summed E-state index contributed by atoms with van der Waals surface area (Å²) >= 11 is 2.08. The second kappa shape index (κ2) is 4.53. The van der Waals surface area contributed by atoms with Gasteiger partial charge in [-0.3, -0.25) is 4.79 Å². The molecule has 2 aliphatic rings. The van der Waals surface area contributed by atoms with Crippen molar-refractivity contribution in [3.05, 3.63) is 0 Å². The van der Waals surface area contributed by atoms with Crippen molar-refractivity contribution in [3.8, 4) is 0 Å². The lowest BCUT2D eigenvalue weighted by Crippen LogP contribution is -3.18. The van der Waals surface area contributed by atoms with Crippen LogP contribution in [-0.4, -0.2) is 54.5 Å². The van der Waals surface area contributed by atoms with Gasteiger partial charge in [-0.2, -0.15) is 11.8 Å². The van der Waals surface area contributed by atoms with E-state index in [4.69, 9.17) is 0 Å². The minimum Gasteiger partial charge on any atom is -0.332 e. The van der Waals surface area contributed by atoms with E-state index in [-0.39, 0.29) is 5.91 Å². The van der Waals surface area contributed by atoms with E-state index in [0.717, 1.165) is 32.2 Å². The minimum absolute atomic E-state index is 0.241. The number of amides is 1. The maximum Gasteiger partial charge on any atom is 0.219 e. The van der Waals surface area contributed by atoms with Crippen molar-refractivity contribution in [1.29, 1.82) is 0 Å². The Bertz CT molecular complexity index is 208. The van der Waals surface area contributed by atoms with Crippen LogP contribution in [0, 0.1) is 0 Å². The highest BCUT2D eigenvalue weighted by atomic mass is 32.2. The van der Waals surface area contributed by atoms with E-state index < -0.39 is 0 Å². The average molecular weight is 215 g/mol. The van der Waals surface area contributed by atoms with E-state index in [0.29, 0.717) is 0 Å². The number of hydrogen-bond acceptors (Lipinski definition) is 2. The fraction of sp³-hybridized carbons (Fsp3) is 0.900. The fourth-order valence-corrected chi connectivity index (χ4v) is 3.68. The molecule has 0 aliphatic carbocycles. The van der Waals surface area contributed by atoms with Crippen molar-refractivity contribution in [2.45, 2.75) is 19.4 Å². The zero-order valence-corrected chi connectivity index (χ0v) is 9.61. The Balaban J connectivity index is 1.80. The van der Waals surface area contributed by atoms with Crippen LogP contribution < -0.4 is 4.90 Å². The van der Waals surface area contributed by atoms with Crippen LogP contribution >= 0.6 is 11.8 Å². The predicted octanol–water partition coefficient (Wildman–Crippen LogP) is -0.761. The number of hydrogen-bond donors (Lipinski definition) is 1. The Morgan fingerprint density at radius 3 is 2.64 bits per heavy atom. The van der Waals surface area contributed by atoms with Gasteiger partial charge >= 0.3 is 0 Å². The molecule has 0 radical (unpaired) electrons. The molecule has 1 amide bonds. The quantitative estimate of drug-likeness (QED) is 0.622. The van der Waals surface area contributed by atoms with Crippen molar-refractivity contribution in [2.75, 3.05) is 37.7 Å². The van der Waals surface area contributed by atoms with Crippen molar-refractivity contribution in [2.24, 2.45) is 0 Å². The van der Waals surface area contributed by atoms with Gasteiger partial charge in [0.2, 0.25) is 5.91 Å². The maximum absolute atomic E-state index is 11.1. The third kappa shape index (κ3) is 2.23. The van der Waals surface area contributed by atoms with Crippen molar-refractivity contribution in [1.82, 2.24) is 4.90 Å². The number of carbonyl (C=O) groups is 1. The van der Waals surface area contributed by atoms with Gasteiger partial charge in [-0.1, -0.05) is 0 Å². The maximum atomic E-state index is 11.1. The molecule has 1 N–H and O–H groups in total. The van der Waals surface area contributed by atoms with E-state index in [2.05, 4.69) is 11.8 Å². The van der Waals surface area contributed by atoms with Crippen LogP contribution in [0.5, 0.6) is 0 Å². The molecule has 14 heavy (non-hydrogen) atoms. The van der Waals surface area contributed by atoms with Crippen LogP contribution in [0.2, 0.25) is 0 Å². The first-order valence-corrected chi connectivity index (χ1v) is 6.60. The van der Waals surface area contributed by atoms with E-state index in [1.165, 1.54) is 17.9 Å². The second-order valence-corrected chi connectivity index (χ2v) is 5.37. The van der Waals surface area contributed by atoms with Gasteiger partial charge in [0.05, 0.1) is 32.2 Å². The highest BCUT2D eigenvalue weighted by Crippen LogP contribution is 2.15. The van der Waals surface area contributed by atoms with Crippen LogP contribution in [0.25, 0.3) is 0 Å². The topological polar surface area (TPSA) is 24.8 Å². The molecule has 0 aromatic rings. The van der Waals surface area contributed by atoms with Gasteiger partial charge in [-0.25, -0.2) is 0 Å². The number of nitrogens with one attached hydrogen (secondary N) is 1. The summed E-state index contributed by atoms with van der Waals surface area (Å²) in [6.07, 6.45) is 1.38. The van der Waals surface area contributed by atoms with E-state index in [9.17, 15) is 4.79 Å². The minimum atomic E-state index is 0.241. The smallest absolute Gasteiger partial charge is 0.219 e. The van der Waals surface area contributed by atoms with Crippen LogP contribution in [0.1, 0.15) is 13.3 Å². The number of quaternary nitrogens is 1. The zero-order chi connectivity index (χ0) is 9.97. The first-order valence-electron chi connectivity index (χ1n) is 5.45. The van der Waals surface area contributed by atoms with Crippen LogP contribution in [0.15, 0.2) is 0 Å². The summed E-state index contributed by atoms with van der Waals surface area (Å²) < 4.78 is 0. The molecule has 2 fully saturated rings. The molecular weight excluding hydrogens is 196 g/mol. The van der Waals surface area contributed by atoms with Crippen molar-refractivity contribution < 1.29 is 9.69 Å². The Hall–Kier alpha value is -0.220. The normalized spacial score (nSPS) is 29.5. The van der Waals surface area contributed by atoms with Crippen molar-refractivity contribution in [3.63, 3.8) is 0 Å². The van der Waals surface area contributed by atoms with Crippen molar-refractivity contribution >= 4 is 17.7 Å². The zero-order valence-electron chi connectivity index (χ0n) is 8.79. The number of carbonyl (C=O) groups excluding carboxylic acids is 1. The predicted molar refractivity (Wildman–Crippen MR) is 58.7 cm³/mol. The lowest BCUT2D eigenvalue weighted by atomic mass is 10.2. The molecule has 2 saturated heterocycles. The number of piperazine rings is 1. The third-order valence-electron chi connectivity index (χ3n) is 3.36. The molecule has 0 unspecified atom stereocenters. The number of thioether (sulfide) groups is 1. The summed E-state index contributed by atoms with van der Waals surface area (Å²) in [4.78, 5) is 14.8. The first-order chi connectivity index (χ1) is 6.77. The van der Waals surface area contributed by atoms with Gasteiger partial charge in [0.15, 0.2) is 0 Å². The molecule has 0 aromatic heterocycles. The summed E-state index contributed by atoms with van der Waals surface area (Å²) in [5.74, 6) is 2.91. The highest BCUT2D eigenvalue weighted by molar-refractivity contribution is 7.99. The molecule has 0 bridgehead atoms. The summed E-state index contributed by atoms with van der Waals surface area (Å²) in [5, 5.41) is 0. The SMILES string of the molecule is CC(=O)N1CC[NH+]([C@H]2CCSC2)CC1. The monoisotopic (exact) mass is 215 g/mol. The first kappa shape index (κ1) is 10.3. The summed E-state index contributed by atoms with van der Waals surface area (Å²) in [5.41, 5.74) is 0. The molecule has 3 nitrogen and oxygen atoms in total. The molecule has 2 heterocycles. The van der Waals surface area contributed by atoms with Gasteiger partial charge in [0.25, 0.3) is 0 Å². The highest BCUT2D eigenvalue weighted by Gasteiger charge is 2.30. The standard InChI is InChI=1S/C10H18N2OS/c1-9(13)11-3-5-12(6-4-11)10-2-7-14-8-10/h10H,2-8H2,1H3/p+1/t10-/m0/s1. The lowest BCUT2D eigenvalue weighted by Gasteiger charge is -2.34. The van der Waals surface area contributed by atoms with E-state index >= 15 is 0 Å². The molecule has 2 rings (SSSR count). The molecule has 0 saturated carbocycles. The van der Waals surface area contributed by atoms with Gasteiger partial charge in [0.1, 0.15) is 0 Å². The fourth-order valence-electron chi connectivity index (χ4n) is 2.37. The lowest BCUT2D eigenvalue weighted by molar-refractivity contribution is -0.925. The Morgan fingerprint density at radius 2 is 2.14 bits per heavy atom. The van der Waals surface area contributed by atoms with Gasteiger partial charge < -0.3 is 9.80 Å². The third-order valence-corrected chi connectivity index (χ3v) is 4.52. The molecule has 0 spiro atoms. The number of nitrogens with zero attached hydrogens (tertiary/aromatic N) is 1. The van der Waals surface area contributed by atoms with Gasteiger partial charge in [0, 0.05) is 19.1 Å². The van der Waals surface area contributed by atoms with E-state index in [1.807, 2.05) is 4.90 Å². The molecular formula is C10H19N2OS+. The second-order valence-electron chi connectivity index (χ2n) is 4.22. The summed E-state index contributed by atoms with van der Waals surface area (Å²) in [6.45, 7) is 5.92. The Labute approximate surface area is 89.8 Å². The molecule has 1 atom stereocenters. The molecule has 0 aromatic carbocycles. The van der Waals surface area contributed by atoms with Gasteiger partial charge in [-0.05, 0) is 5.75 Å². The van der Waals surface area contributed by atoms with Crippen LogP contribution in [0.4, 0.5) is 0 Å². The molecule has 2 aliphatic heterocycles.